The Morgan fingerprint density at radius 1 is 1.36 bits per heavy atom. The molecule has 0 aliphatic carbocycles. The second-order valence-electron chi connectivity index (χ2n) is 5.11. The predicted octanol–water partition coefficient (Wildman–Crippen LogP) is 4.15. The summed E-state index contributed by atoms with van der Waals surface area (Å²) in [4.78, 5) is 22.9. The van der Waals surface area contributed by atoms with Crippen molar-refractivity contribution < 1.29 is 14.5 Å². The molecule has 0 saturated carbocycles. The Hall–Kier alpha value is -2.11. The standard InChI is InChI=1S/C16H24N2O4/c1-4-7-8-12(5-2)16(19)17-14-10-9-13(22-6-3)11-15(14)18(20)21/h9-12H,4-8H2,1-3H3,(H,17,19)/t12-/m0/s1. The molecule has 0 spiro atoms. The monoisotopic (exact) mass is 308 g/mol. The van der Waals surface area contributed by atoms with Crippen LogP contribution in [0.25, 0.3) is 0 Å². The third-order valence-electron chi connectivity index (χ3n) is 3.50. The van der Waals surface area contributed by atoms with Crippen molar-refractivity contribution in [3.8, 4) is 5.75 Å². The molecule has 122 valence electrons. The maximum atomic E-state index is 12.3. The first-order chi connectivity index (χ1) is 10.5. The lowest BCUT2D eigenvalue weighted by Gasteiger charge is -2.15. The number of carbonyl (C=O) groups is 1. The van der Waals surface area contributed by atoms with Gasteiger partial charge in [0.05, 0.1) is 17.6 Å². The third kappa shape index (κ3) is 5.02. The third-order valence-corrected chi connectivity index (χ3v) is 3.50. The van der Waals surface area contributed by atoms with Crippen LogP contribution in [-0.4, -0.2) is 17.4 Å². The zero-order chi connectivity index (χ0) is 16.5. The van der Waals surface area contributed by atoms with Gasteiger partial charge in [-0.2, -0.15) is 0 Å². The van der Waals surface area contributed by atoms with Gasteiger partial charge in [-0.25, -0.2) is 0 Å². The van der Waals surface area contributed by atoms with E-state index in [-0.39, 0.29) is 23.2 Å². The quantitative estimate of drug-likeness (QED) is 0.549. The lowest BCUT2D eigenvalue weighted by atomic mass is 9.98. The van der Waals surface area contributed by atoms with Crippen molar-refractivity contribution in [1.82, 2.24) is 0 Å². The summed E-state index contributed by atoms with van der Waals surface area (Å²) in [6, 6.07) is 4.48. The number of benzene rings is 1. The first-order valence-electron chi connectivity index (χ1n) is 7.75. The van der Waals surface area contributed by atoms with Crippen LogP contribution in [-0.2, 0) is 4.79 Å². The van der Waals surface area contributed by atoms with Crippen LogP contribution in [0.3, 0.4) is 0 Å². The molecule has 0 unspecified atom stereocenters. The van der Waals surface area contributed by atoms with Crippen LogP contribution >= 0.6 is 0 Å². The number of nitrogens with zero attached hydrogens (tertiary/aromatic N) is 1. The molecule has 1 aromatic rings. The van der Waals surface area contributed by atoms with Crippen LogP contribution in [0.4, 0.5) is 11.4 Å². The van der Waals surface area contributed by atoms with Crippen molar-refractivity contribution in [2.75, 3.05) is 11.9 Å². The lowest BCUT2D eigenvalue weighted by molar-refractivity contribution is -0.384. The van der Waals surface area contributed by atoms with Crippen LogP contribution in [0.5, 0.6) is 5.75 Å². The van der Waals surface area contributed by atoms with Gasteiger partial charge in [0.2, 0.25) is 5.91 Å². The summed E-state index contributed by atoms with van der Waals surface area (Å²) in [5.74, 6) is 0.138. The fourth-order valence-corrected chi connectivity index (χ4v) is 2.23. The number of ether oxygens (including phenoxy) is 1. The van der Waals surface area contributed by atoms with Gasteiger partial charge in [0.1, 0.15) is 11.4 Å². The van der Waals surface area contributed by atoms with E-state index in [9.17, 15) is 14.9 Å². The summed E-state index contributed by atoms with van der Waals surface area (Å²) in [7, 11) is 0. The highest BCUT2D eigenvalue weighted by Crippen LogP contribution is 2.30. The largest absolute Gasteiger partial charge is 0.494 e. The zero-order valence-corrected chi connectivity index (χ0v) is 13.4. The van der Waals surface area contributed by atoms with E-state index in [4.69, 9.17) is 4.74 Å². The van der Waals surface area contributed by atoms with Crippen LogP contribution in [0.1, 0.15) is 46.5 Å². The molecule has 1 atom stereocenters. The number of carbonyl (C=O) groups excluding carboxylic acids is 1. The smallest absolute Gasteiger partial charge is 0.296 e. The van der Waals surface area contributed by atoms with E-state index in [1.54, 1.807) is 13.0 Å². The second-order valence-corrected chi connectivity index (χ2v) is 5.11. The number of rotatable bonds is 9. The number of amides is 1. The fraction of sp³-hybridized carbons (Fsp3) is 0.562. The molecule has 1 aromatic carbocycles. The highest BCUT2D eigenvalue weighted by atomic mass is 16.6. The van der Waals surface area contributed by atoms with Gasteiger partial charge >= 0.3 is 0 Å². The summed E-state index contributed by atoms with van der Waals surface area (Å²) in [5, 5.41) is 13.9. The minimum atomic E-state index is -0.509. The van der Waals surface area contributed by atoms with Crippen molar-refractivity contribution in [3.05, 3.63) is 28.3 Å². The molecule has 0 aliphatic rings. The second kappa shape index (κ2) is 9.02. The van der Waals surface area contributed by atoms with Crippen molar-refractivity contribution in [3.63, 3.8) is 0 Å². The molecule has 0 fully saturated rings. The van der Waals surface area contributed by atoms with Gasteiger partial charge in [-0.05, 0) is 31.9 Å². The van der Waals surface area contributed by atoms with Crippen LogP contribution < -0.4 is 10.1 Å². The van der Waals surface area contributed by atoms with Gasteiger partial charge in [-0.3, -0.25) is 14.9 Å². The first kappa shape index (κ1) is 17.9. The van der Waals surface area contributed by atoms with Crippen LogP contribution in [0, 0.1) is 16.0 Å². The van der Waals surface area contributed by atoms with Gasteiger partial charge in [-0.15, -0.1) is 0 Å². The number of nitrogens with one attached hydrogen (secondary N) is 1. The maximum absolute atomic E-state index is 12.3. The van der Waals surface area contributed by atoms with E-state index in [0.717, 1.165) is 25.7 Å². The molecule has 0 bridgehead atoms. The summed E-state index contributed by atoms with van der Waals surface area (Å²) in [6.45, 7) is 6.26. The molecule has 0 aliphatic heterocycles. The molecule has 0 saturated heterocycles. The Balaban J connectivity index is 2.91. The Morgan fingerprint density at radius 3 is 2.64 bits per heavy atom. The molecule has 22 heavy (non-hydrogen) atoms. The minimum Gasteiger partial charge on any atom is -0.494 e. The number of nitro benzene ring substituents is 1. The van der Waals surface area contributed by atoms with E-state index >= 15 is 0 Å². The summed E-state index contributed by atoms with van der Waals surface area (Å²) in [5.41, 5.74) is 0.0676. The summed E-state index contributed by atoms with van der Waals surface area (Å²) in [6.07, 6.45) is 3.50. The number of anilines is 1. The average molecular weight is 308 g/mol. The topological polar surface area (TPSA) is 81.5 Å². The van der Waals surface area contributed by atoms with E-state index < -0.39 is 4.92 Å². The molecule has 6 nitrogen and oxygen atoms in total. The van der Waals surface area contributed by atoms with Gasteiger partial charge in [-0.1, -0.05) is 26.7 Å². The molecule has 0 aromatic heterocycles. The molecular weight excluding hydrogens is 284 g/mol. The minimum absolute atomic E-state index is 0.119. The predicted molar refractivity (Wildman–Crippen MR) is 86.2 cm³/mol. The number of hydrogen-bond donors (Lipinski definition) is 1. The molecule has 0 radical (unpaired) electrons. The van der Waals surface area contributed by atoms with Gasteiger partial charge in [0, 0.05) is 5.92 Å². The highest BCUT2D eigenvalue weighted by molar-refractivity contribution is 5.94. The van der Waals surface area contributed by atoms with E-state index in [1.807, 2.05) is 6.92 Å². The normalized spacial score (nSPS) is 11.8. The molecule has 0 heterocycles. The Labute approximate surface area is 131 Å². The van der Waals surface area contributed by atoms with E-state index in [0.29, 0.717) is 12.4 Å². The Bertz CT molecular complexity index is 517. The zero-order valence-electron chi connectivity index (χ0n) is 13.4. The number of unbranched alkanes of at least 4 members (excludes halogenated alkanes) is 1. The van der Waals surface area contributed by atoms with Crippen molar-refractivity contribution in [1.29, 1.82) is 0 Å². The maximum Gasteiger partial charge on any atom is 0.296 e. The SMILES string of the molecule is CCCC[C@H](CC)C(=O)Nc1ccc(OCC)cc1[N+](=O)[O-]. The van der Waals surface area contributed by atoms with Gasteiger partial charge in [0.25, 0.3) is 5.69 Å². The fourth-order valence-electron chi connectivity index (χ4n) is 2.23. The van der Waals surface area contributed by atoms with Crippen molar-refractivity contribution in [2.45, 2.75) is 46.5 Å². The number of hydrogen-bond acceptors (Lipinski definition) is 4. The molecule has 1 amide bonds. The summed E-state index contributed by atoms with van der Waals surface area (Å²) < 4.78 is 5.26. The lowest BCUT2D eigenvalue weighted by Crippen LogP contribution is -2.22. The van der Waals surface area contributed by atoms with Gasteiger partial charge in [0.15, 0.2) is 0 Å². The van der Waals surface area contributed by atoms with Crippen molar-refractivity contribution in [2.24, 2.45) is 5.92 Å². The first-order valence-corrected chi connectivity index (χ1v) is 7.75. The highest BCUT2D eigenvalue weighted by Gasteiger charge is 2.21. The Kier molecular flexibility index (Phi) is 7.36. The van der Waals surface area contributed by atoms with Crippen LogP contribution in [0.15, 0.2) is 18.2 Å². The molecule has 1 N–H and O–H groups in total. The van der Waals surface area contributed by atoms with E-state index in [2.05, 4.69) is 12.2 Å². The average Bonchev–Trinajstić information content (AvgIpc) is 2.49. The van der Waals surface area contributed by atoms with E-state index in [1.165, 1.54) is 12.1 Å². The van der Waals surface area contributed by atoms with Gasteiger partial charge < -0.3 is 10.1 Å². The number of nitro groups is 1. The molecular formula is C16H24N2O4. The summed E-state index contributed by atoms with van der Waals surface area (Å²) >= 11 is 0. The Morgan fingerprint density at radius 2 is 2.09 bits per heavy atom. The molecule has 6 heteroatoms. The molecule has 1 rings (SSSR count). The van der Waals surface area contributed by atoms with Crippen LogP contribution in [0.2, 0.25) is 0 Å². The van der Waals surface area contributed by atoms with Crippen molar-refractivity contribution >= 4 is 17.3 Å².